The number of hydrazone groups is 1. The molecule has 1 heterocycles. The van der Waals surface area contributed by atoms with E-state index in [1.54, 1.807) is 18.2 Å². The van der Waals surface area contributed by atoms with Crippen molar-refractivity contribution in [1.29, 1.82) is 0 Å². The molecule has 0 aromatic heterocycles. The molecule has 0 bridgehead atoms. The summed E-state index contributed by atoms with van der Waals surface area (Å²) >= 11 is 0. The van der Waals surface area contributed by atoms with Crippen LogP contribution < -0.4 is 5.43 Å². The summed E-state index contributed by atoms with van der Waals surface area (Å²) in [4.78, 5) is 10.4. The molecule has 1 aromatic carbocycles. The van der Waals surface area contributed by atoms with E-state index in [4.69, 9.17) is 0 Å². The number of nitrogens with zero attached hydrogens (tertiary/aromatic N) is 1. The number of benzene rings is 1. The Kier molecular flexibility index (Phi) is 2.26. The lowest BCUT2D eigenvalue weighted by molar-refractivity contribution is -0.109. The zero-order chi connectivity index (χ0) is 9.97. The van der Waals surface area contributed by atoms with Gasteiger partial charge in [-0.05, 0) is 6.07 Å². The molecule has 4 heteroatoms. The normalized spacial score (nSPS) is 20.1. The highest BCUT2D eigenvalue weighted by Crippen LogP contribution is 2.14. The van der Waals surface area contributed by atoms with Gasteiger partial charge in [-0.3, -0.25) is 5.43 Å². The molecule has 0 saturated carbocycles. The molecule has 1 aromatic rings. The van der Waals surface area contributed by atoms with Crippen LogP contribution in [0.5, 0.6) is 0 Å². The van der Waals surface area contributed by atoms with Gasteiger partial charge in [0.1, 0.15) is 18.1 Å². The molecule has 72 valence electrons. The first-order valence-electron chi connectivity index (χ1n) is 4.33. The van der Waals surface area contributed by atoms with E-state index in [0.717, 1.165) is 6.29 Å². The van der Waals surface area contributed by atoms with Gasteiger partial charge in [0.25, 0.3) is 0 Å². The van der Waals surface area contributed by atoms with Crippen molar-refractivity contribution in [2.24, 2.45) is 5.10 Å². The van der Waals surface area contributed by atoms with Crippen LogP contribution in [0.25, 0.3) is 0 Å². The molecule has 1 aliphatic rings. The lowest BCUT2D eigenvalue weighted by atomic mass is 10.0. The van der Waals surface area contributed by atoms with Gasteiger partial charge in [0.2, 0.25) is 0 Å². The fourth-order valence-corrected chi connectivity index (χ4v) is 1.40. The number of hydrogen-bond donors (Lipinski definition) is 1. The van der Waals surface area contributed by atoms with E-state index in [9.17, 15) is 9.18 Å². The highest BCUT2D eigenvalue weighted by atomic mass is 19.1. The number of nitrogens with one attached hydrogen (secondary N) is 1. The molecule has 1 atom stereocenters. The summed E-state index contributed by atoms with van der Waals surface area (Å²) < 4.78 is 13.3. The first-order chi connectivity index (χ1) is 6.81. The maximum atomic E-state index is 13.3. The van der Waals surface area contributed by atoms with Crippen molar-refractivity contribution in [3.8, 4) is 0 Å². The smallest absolute Gasteiger partial charge is 0.144 e. The van der Waals surface area contributed by atoms with Gasteiger partial charge < -0.3 is 4.79 Å². The molecular weight excluding hydrogens is 183 g/mol. The lowest BCUT2D eigenvalue weighted by Crippen LogP contribution is -2.20. The monoisotopic (exact) mass is 192 g/mol. The molecule has 0 saturated heterocycles. The van der Waals surface area contributed by atoms with E-state index < -0.39 is 0 Å². The Morgan fingerprint density at radius 3 is 2.93 bits per heavy atom. The van der Waals surface area contributed by atoms with Crippen molar-refractivity contribution >= 4 is 12.0 Å². The number of hydrogen-bond acceptors (Lipinski definition) is 3. The molecule has 1 unspecified atom stereocenters. The minimum Gasteiger partial charge on any atom is -0.301 e. The molecule has 1 aliphatic heterocycles. The summed E-state index contributed by atoms with van der Waals surface area (Å²) in [7, 11) is 0. The minimum absolute atomic E-state index is 0.306. The van der Waals surface area contributed by atoms with Crippen molar-refractivity contribution < 1.29 is 9.18 Å². The largest absolute Gasteiger partial charge is 0.301 e. The summed E-state index contributed by atoms with van der Waals surface area (Å²) in [6.07, 6.45) is 1.22. The Balaban J connectivity index is 2.25. The summed E-state index contributed by atoms with van der Waals surface area (Å²) in [6, 6.07) is 6.09. The Morgan fingerprint density at radius 2 is 2.29 bits per heavy atom. The van der Waals surface area contributed by atoms with Crippen LogP contribution in [0.3, 0.4) is 0 Å². The third kappa shape index (κ3) is 1.51. The van der Waals surface area contributed by atoms with Gasteiger partial charge in [-0.15, -0.1) is 0 Å². The molecule has 0 spiro atoms. The summed E-state index contributed by atoms with van der Waals surface area (Å²) in [5.41, 5.74) is 3.70. The second kappa shape index (κ2) is 3.57. The SMILES string of the molecule is O=CC1CC(c2ccccc2F)=NN1. The zero-order valence-electron chi connectivity index (χ0n) is 7.40. The average molecular weight is 192 g/mol. The van der Waals surface area contributed by atoms with E-state index in [-0.39, 0.29) is 11.9 Å². The summed E-state index contributed by atoms with van der Waals surface area (Å²) in [5, 5.41) is 3.91. The Morgan fingerprint density at radius 1 is 1.50 bits per heavy atom. The van der Waals surface area contributed by atoms with Crippen molar-refractivity contribution in [3.63, 3.8) is 0 Å². The highest BCUT2D eigenvalue weighted by Gasteiger charge is 2.20. The fourth-order valence-electron chi connectivity index (χ4n) is 1.40. The maximum Gasteiger partial charge on any atom is 0.144 e. The van der Waals surface area contributed by atoms with Crippen molar-refractivity contribution in [3.05, 3.63) is 35.6 Å². The molecule has 1 N–H and O–H groups in total. The Bertz CT molecular complexity index is 389. The maximum absolute atomic E-state index is 13.3. The molecule has 2 rings (SSSR count). The van der Waals surface area contributed by atoms with Gasteiger partial charge in [-0.2, -0.15) is 5.10 Å². The fraction of sp³-hybridized carbons (Fsp3) is 0.200. The summed E-state index contributed by atoms with van der Waals surface area (Å²) in [5.74, 6) is -0.306. The highest BCUT2D eigenvalue weighted by molar-refractivity contribution is 6.03. The van der Waals surface area contributed by atoms with E-state index >= 15 is 0 Å². The second-order valence-corrected chi connectivity index (χ2v) is 3.11. The van der Waals surface area contributed by atoms with Crippen molar-refractivity contribution in [1.82, 2.24) is 5.43 Å². The van der Waals surface area contributed by atoms with Gasteiger partial charge in [-0.1, -0.05) is 18.2 Å². The molecule has 0 aliphatic carbocycles. The van der Waals surface area contributed by atoms with Crippen LogP contribution in [0, 0.1) is 5.82 Å². The molecule has 0 radical (unpaired) electrons. The van der Waals surface area contributed by atoms with Crippen LogP contribution in [0.4, 0.5) is 4.39 Å². The average Bonchev–Trinajstić information content (AvgIpc) is 2.67. The predicted molar refractivity (Wildman–Crippen MR) is 50.5 cm³/mol. The molecular formula is C10H9FN2O. The van der Waals surface area contributed by atoms with Crippen LogP contribution in [-0.2, 0) is 4.79 Å². The van der Waals surface area contributed by atoms with Gasteiger partial charge in [0.15, 0.2) is 0 Å². The third-order valence-corrected chi connectivity index (χ3v) is 2.13. The van der Waals surface area contributed by atoms with Crippen molar-refractivity contribution in [2.75, 3.05) is 0 Å². The van der Waals surface area contributed by atoms with Crippen molar-refractivity contribution in [2.45, 2.75) is 12.5 Å². The Labute approximate surface area is 80.6 Å². The number of halogens is 1. The first-order valence-corrected chi connectivity index (χ1v) is 4.33. The van der Waals surface area contributed by atoms with E-state index in [2.05, 4.69) is 10.5 Å². The summed E-state index contributed by atoms with van der Waals surface area (Å²) in [6.45, 7) is 0. The van der Waals surface area contributed by atoms with Gasteiger partial charge in [0, 0.05) is 12.0 Å². The van der Waals surface area contributed by atoms with Gasteiger partial charge >= 0.3 is 0 Å². The van der Waals surface area contributed by atoms with E-state index in [1.807, 2.05) is 0 Å². The van der Waals surface area contributed by atoms with E-state index in [1.165, 1.54) is 6.07 Å². The second-order valence-electron chi connectivity index (χ2n) is 3.11. The lowest BCUT2D eigenvalue weighted by Gasteiger charge is -2.00. The molecule has 0 fully saturated rings. The quantitative estimate of drug-likeness (QED) is 0.712. The van der Waals surface area contributed by atoms with Crippen LogP contribution in [0.2, 0.25) is 0 Å². The molecule has 0 amide bonds. The number of aldehydes is 1. The minimum atomic E-state index is -0.315. The zero-order valence-corrected chi connectivity index (χ0v) is 7.40. The van der Waals surface area contributed by atoms with Gasteiger partial charge in [0.05, 0.1) is 5.71 Å². The number of carbonyl (C=O) groups is 1. The standard InChI is InChI=1S/C10H9FN2O/c11-9-4-2-1-3-8(9)10-5-7(6-14)12-13-10/h1-4,6-7,12H,5H2. The van der Waals surface area contributed by atoms with Crippen LogP contribution in [0.15, 0.2) is 29.4 Å². The molecule has 14 heavy (non-hydrogen) atoms. The number of rotatable bonds is 2. The van der Waals surface area contributed by atoms with Gasteiger partial charge in [-0.25, -0.2) is 4.39 Å². The van der Waals surface area contributed by atoms with E-state index in [0.29, 0.717) is 17.7 Å². The predicted octanol–water partition coefficient (Wildman–Crippen LogP) is 1.09. The first kappa shape index (κ1) is 8.87. The van der Waals surface area contributed by atoms with Crippen LogP contribution >= 0.6 is 0 Å². The Hall–Kier alpha value is -1.71. The number of carbonyl (C=O) groups excluding carboxylic acids is 1. The third-order valence-electron chi connectivity index (χ3n) is 2.13. The van der Waals surface area contributed by atoms with Crippen LogP contribution in [0.1, 0.15) is 12.0 Å². The van der Waals surface area contributed by atoms with Crippen LogP contribution in [-0.4, -0.2) is 18.0 Å². The molecule has 3 nitrogen and oxygen atoms in total. The topological polar surface area (TPSA) is 41.5 Å².